The van der Waals surface area contributed by atoms with Crippen LogP contribution in [0.3, 0.4) is 0 Å². The Morgan fingerprint density at radius 3 is 2.94 bits per heavy atom. The van der Waals surface area contributed by atoms with E-state index in [9.17, 15) is 4.79 Å². The van der Waals surface area contributed by atoms with Gasteiger partial charge in [0.15, 0.2) is 0 Å². The van der Waals surface area contributed by atoms with Crippen molar-refractivity contribution in [3.05, 3.63) is 17.0 Å². The van der Waals surface area contributed by atoms with E-state index < -0.39 is 0 Å². The first-order valence-corrected chi connectivity index (χ1v) is 6.11. The predicted octanol–water partition coefficient (Wildman–Crippen LogP) is 0.352. The Kier molecular flexibility index (Phi) is 3.98. The summed E-state index contributed by atoms with van der Waals surface area (Å²) in [7, 11) is 1.87. The summed E-state index contributed by atoms with van der Waals surface area (Å²) in [6.45, 7) is 6.08. The molecule has 6 nitrogen and oxygen atoms in total. The molecule has 1 unspecified atom stereocenters. The van der Waals surface area contributed by atoms with Gasteiger partial charge < -0.3 is 19.5 Å². The third kappa shape index (κ3) is 2.54. The molecule has 2 heterocycles. The highest BCUT2D eigenvalue weighted by Gasteiger charge is 2.28. The van der Waals surface area contributed by atoms with Gasteiger partial charge >= 0.3 is 0 Å². The van der Waals surface area contributed by atoms with Crippen molar-refractivity contribution in [2.24, 2.45) is 0 Å². The number of hydrogen-bond acceptors (Lipinski definition) is 5. The lowest BCUT2D eigenvalue weighted by atomic mass is 10.1. The summed E-state index contributed by atoms with van der Waals surface area (Å²) in [5.74, 6) is 0.560. The first-order valence-electron chi connectivity index (χ1n) is 6.11. The van der Waals surface area contributed by atoms with Crippen molar-refractivity contribution < 1.29 is 14.1 Å². The molecule has 1 fully saturated rings. The standard InChI is InChI=1S/C12H19N3O3/c1-8-11(9(2)18-14-8)12(16)15-4-5-17-10(7-15)6-13-3/h10,13H,4-7H2,1-3H3. The molecule has 0 aliphatic carbocycles. The fraction of sp³-hybridized carbons (Fsp3) is 0.667. The summed E-state index contributed by atoms with van der Waals surface area (Å²) in [6, 6.07) is 0. The van der Waals surface area contributed by atoms with Crippen LogP contribution >= 0.6 is 0 Å². The summed E-state index contributed by atoms with van der Waals surface area (Å²) < 4.78 is 10.6. The van der Waals surface area contributed by atoms with E-state index in [1.807, 2.05) is 7.05 Å². The Morgan fingerprint density at radius 2 is 2.33 bits per heavy atom. The second-order valence-corrected chi connectivity index (χ2v) is 4.50. The molecule has 1 aromatic heterocycles. The molecule has 0 spiro atoms. The molecule has 1 aliphatic rings. The van der Waals surface area contributed by atoms with E-state index in [1.165, 1.54) is 0 Å². The molecule has 0 aromatic carbocycles. The molecule has 0 bridgehead atoms. The summed E-state index contributed by atoms with van der Waals surface area (Å²) in [5, 5.41) is 6.88. The summed E-state index contributed by atoms with van der Waals surface area (Å²) in [6.07, 6.45) is 0.0492. The first kappa shape index (κ1) is 13.0. The molecule has 2 rings (SSSR count). The lowest BCUT2D eigenvalue weighted by Gasteiger charge is -2.32. The largest absolute Gasteiger partial charge is 0.373 e. The maximum atomic E-state index is 12.4. The first-order chi connectivity index (χ1) is 8.63. The average molecular weight is 253 g/mol. The third-order valence-corrected chi connectivity index (χ3v) is 3.11. The summed E-state index contributed by atoms with van der Waals surface area (Å²) in [5.41, 5.74) is 1.23. The molecule has 100 valence electrons. The topological polar surface area (TPSA) is 67.6 Å². The highest BCUT2D eigenvalue weighted by molar-refractivity contribution is 5.96. The van der Waals surface area contributed by atoms with E-state index in [0.29, 0.717) is 36.7 Å². The number of carbonyl (C=O) groups excluding carboxylic acids is 1. The monoisotopic (exact) mass is 253 g/mol. The number of amides is 1. The number of likely N-dealkylation sites (N-methyl/N-ethyl adjacent to an activating group) is 1. The highest BCUT2D eigenvalue weighted by atomic mass is 16.5. The van der Waals surface area contributed by atoms with Gasteiger partial charge in [-0.3, -0.25) is 4.79 Å². The lowest BCUT2D eigenvalue weighted by molar-refractivity contribution is -0.0197. The molecular weight excluding hydrogens is 234 g/mol. The maximum absolute atomic E-state index is 12.4. The van der Waals surface area contributed by atoms with Gasteiger partial charge in [0.2, 0.25) is 0 Å². The van der Waals surface area contributed by atoms with Gasteiger partial charge in [-0.1, -0.05) is 5.16 Å². The Hall–Kier alpha value is -1.40. The number of morpholine rings is 1. The Bertz CT molecular complexity index is 409. The Morgan fingerprint density at radius 1 is 1.56 bits per heavy atom. The number of hydrogen-bond donors (Lipinski definition) is 1. The van der Waals surface area contributed by atoms with Gasteiger partial charge in [-0.15, -0.1) is 0 Å². The maximum Gasteiger partial charge on any atom is 0.259 e. The minimum absolute atomic E-state index is 0.0179. The summed E-state index contributed by atoms with van der Waals surface area (Å²) >= 11 is 0. The lowest BCUT2D eigenvalue weighted by Crippen LogP contribution is -2.48. The molecule has 1 amide bonds. The van der Waals surface area contributed by atoms with Crippen LogP contribution in [0.4, 0.5) is 0 Å². The molecule has 1 N–H and O–H groups in total. The van der Waals surface area contributed by atoms with Gasteiger partial charge in [-0.05, 0) is 20.9 Å². The van der Waals surface area contributed by atoms with Gasteiger partial charge in [0.25, 0.3) is 5.91 Å². The Labute approximate surface area is 106 Å². The van der Waals surface area contributed by atoms with E-state index in [2.05, 4.69) is 10.5 Å². The van der Waals surface area contributed by atoms with Crippen LogP contribution in [-0.2, 0) is 4.74 Å². The Balaban J connectivity index is 2.09. The molecule has 1 aromatic rings. The minimum Gasteiger partial charge on any atom is -0.373 e. The SMILES string of the molecule is CNCC1CN(C(=O)c2c(C)noc2C)CCO1. The number of ether oxygens (including phenoxy) is 1. The van der Waals surface area contributed by atoms with E-state index in [4.69, 9.17) is 9.26 Å². The van der Waals surface area contributed by atoms with Crippen molar-refractivity contribution >= 4 is 5.91 Å². The van der Waals surface area contributed by atoms with E-state index >= 15 is 0 Å². The second-order valence-electron chi connectivity index (χ2n) is 4.50. The highest BCUT2D eigenvalue weighted by Crippen LogP contribution is 2.17. The van der Waals surface area contributed by atoms with Crippen molar-refractivity contribution in [2.45, 2.75) is 20.0 Å². The van der Waals surface area contributed by atoms with Crippen LogP contribution in [0.25, 0.3) is 0 Å². The normalized spacial score (nSPS) is 20.2. The molecule has 1 atom stereocenters. The van der Waals surface area contributed by atoms with E-state index in [0.717, 1.165) is 6.54 Å². The van der Waals surface area contributed by atoms with Crippen molar-refractivity contribution in [1.82, 2.24) is 15.4 Å². The van der Waals surface area contributed by atoms with Crippen LogP contribution in [0.15, 0.2) is 4.52 Å². The van der Waals surface area contributed by atoms with Crippen molar-refractivity contribution in [3.8, 4) is 0 Å². The molecule has 0 radical (unpaired) electrons. The van der Waals surface area contributed by atoms with Gasteiger partial charge in [0.05, 0.1) is 18.4 Å². The zero-order valence-corrected chi connectivity index (χ0v) is 11.0. The van der Waals surface area contributed by atoms with Crippen LogP contribution in [0.2, 0.25) is 0 Å². The number of aromatic nitrogens is 1. The van der Waals surface area contributed by atoms with E-state index in [1.54, 1.807) is 18.7 Å². The number of rotatable bonds is 3. The molecule has 18 heavy (non-hydrogen) atoms. The van der Waals surface area contributed by atoms with Crippen LogP contribution in [0.1, 0.15) is 21.8 Å². The molecule has 1 saturated heterocycles. The van der Waals surface area contributed by atoms with Crippen molar-refractivity contribution in [1.29, 1.82) is 0 Å². The summed E-state index contributed by atoms with van der Waals surface area (Å²) in [4.78, 5) is 14.2. The zero-order valence-electron chi connectivity index (χ0n) is 11.0. The van der Waals surface area contributed by atoms with Gasteiger partial charge in [0.1, 0.15) is 11.3 Å². The zero-order chi connectivity index (χ0) is 13.1. The average Bonchev–Trinajstić information content (AvgIpc) is 2.69. The number of carbonyl (C=O) groups is 1. The van der Waals surface area contributed by atoms with Gasteiger partial charge in [-0.25, -0.2) is 0 Å². The molecule has 6 heteroatoms. The molecule has 0 saturated carbocycles. The van der Waals surface area contributed by atoms with Gasteiger partial charge in [0, 0.05) is 19.6 Å². The van der Waals surface area contributed by atoms with Crippen molar-refractivity contribution in [2.75, 3.05) is 33.3 Å². The number of nitrogens with one attached hydrogen (secondary N) is 1. The van der Waals surface area contributed by atoms with Gasteiger partial charge in [-0.2, -0.15) is 0 Å². The minimum atomic E-state index is -0.0179. The fourth-order valence-electron chi connectivity index (χ4n) is 2.20. The number of aryl methyl sites for hydroxylation is 2. The van der Waals surface area contributed by atoms with Crippen LogP contribution in [-0.4, -0.2) is 55.4 Å². The smallest absolute Gasteiger partial charge is 0.259 e. The third-order valence-electron chi connectivity index (χ3n) is 3.11. The van der Waals surface area contributed by atoms with Crippen LogP contribution < -0.4 is 5.32 Å². The van der Waals surface area contributed by atoms with Crippen LogP contribution in [0.5, 0.6) is 0 Å². The number of nitrogens with zero attached hydrogens (tertiary/aromatic N) is 2. The molecule has 1 aliphatic heterocycles. The quantitative estimate of drug-likeness (QED) is 0.842. The second kappa shape index (κ2) is 5.49. The molecular formula is C12H19N3O3. The fourth-order valence-corrected chi connectivity index (χ4v) is 2.20. The van der Waals surface area contributed by atoms with Crippen LogP contribution in [0, 0.1) is 13.8 Å². The van der Waals surface area contributed by atoms with Crippen molar-refractivity contribution in [3.63, 3.8) is 0 Å². The predicted molar refractivity (Wildman–Crippen MR) is 65.5 cm³/mol. The van der Waals surface area contributed by atoms with E-state index in [-0.39, 0.29) is 12.0 Å².